The number of hydrogen-bond acceptors (Lipinski definition) is 1. The second kappa shape index (κ2) is 5.16. The molecule has 2 bridgehead atoms. The van der Waals surface area contributed by atoms with Crippen molar-refractivity contribution in [3.8, 4) is 0 Å². The largest absolute Gasteiger partial charge is 0.300 e. The zero-order valence-corrected chi connectivity index (χ0v) is 9.67. The minimum absolute atomic E-state index is 0.972. The Morgan fingerprint density at radius 2 is 1.86 bits per heavy atom. The maximum atomic E-state index is 2.76. The molecule has 0 saturated carbocycles. The summed E-state index contributed by atoms with van der Waals surface area (Å²) in [4.78, 5) is 2.76. The van der Waals surface area contributed by atoms with Gasteiger partial charge in [0.15, 0.2) is 0 Å². The van der Waals surface area contributed by atoms with Crippen LogP contribution in [0.25, 0.3) is 0 Å². The molecule has 0 amide bonds. The average Bonchev–Trinajstić information content (AvgIpc) is 2.26. The minimum atomic E-state index is 0.972. The monoisotopic (exact) mass is 195 g/mol. The maximum absolute atomic E-state index is 2.76. The zero-order valence-electron chi connectivity index (χ0n) is 9.67. The van der Waals surface area contributed by atoms with Crippen molar-refractivity contribution in [3.05, 3.63) is 0 Å². The molecule has 0 aromatic heterocycles. The SMILES string of the molecule is CCCCCCC1CC2CCN1CC2. The van der Waals surface area contributed by atoms with Gasteiger partial charge in [0.2, 0.25) is 0 Å². The predicted octanol–water partition coefficient (Wildman–Crippen LogP) is 3.44. The molecule has 0 spiro atoms. The van der Waals surface area contributed by atoms with Crippen LogP contribution in [0.4, 0.5) is 0 Å². The van der Waals surface area contributed by atoms with Crippen molar-refractivity contribution in [1.29, 1.82) is 0 Å². The smallest absolute Gasteiger partial charge is 0.00979 e. The Labute approximate surface area is 88.9 Å². The molecule has 3 rings (SSSR count). The van der Waals surface area contributed by atoms with Crippen molar-refractivity contribution < 1.29 is 0 Å². The quantitative estimate of drug-likeness (QED) is 0.607. The van der Waals surface area contributed by atoms with Crippen molar-refractivity contribution in [2.75, 3.05) is 13.1 Å². The molecule has 0 aromatic rings. The molecule has 82 valence electrons. The molecular formula is C13H25N. The van der Waals surface area contributed by atoms with Gasteiger partial charge < -0.3 is 4.90 Å². The number of hydrogen-bond donors (Lipinski definition) is 0. The van der Waals surface area contributed by atoms with Gasteiger partial charge in [-0.15, -0.1) is 0 Å². The molecule has 0 N–H and O–H groups in total. The molecular weight excluding hydrogens is 170 g/mol. The van der Waals surface area contributed by atoms with E-state index in [1.165, 1.54) is 64.5 Å². The van der Waals surface area contributed by atoms with Gasteiger partial charge in [0.25, 0.3) is 0 Å². The van der Waals surface area contributed by atoms with E-state index in [9.17, 15) is 0 Å². The Morgan fingerprint density at radius 1 is 1.07 bits per heavy atom. The molecule has 1 heteroatoms. The van der Waals surface area contributed by atoms with E-state index in [0.717, 1.165) is 12.0 Å². The average molecular weight is 195 g/mol. The molecule has 3 saturated heterocycles. The van der Waals surface area contributed by atoms with Crippen LogP contribution in [0.3, 0.4) is 0 Å². The summed E-state index contributed by atoms with van der Waals surface area (Å²) >= 11 is 0. The Bertz CT molecular complexity index is 159. The van der Waals surface area contributed by atoms with E-state index in [0.29, 0.717) is 0 Å². The van der Waals surface area contributed by atoms with Crippen molar-refractivity contribution in [2.24, 2.45) is 5.92 Å². The number of rotatable bonds is 5. The van der Waals surface area contributed by atoms with Gasteiger partial charge in [-0.2, -0.15) is 0 Å². The van der Waals surface area contributed by atoms with Gasteiger partial charge in [-0.3, -0.25) is 0 Å². The van der Waals surface area contributed by atoms with E-state index in [2.05, 4.69) is 11.8 Å². The summed E-state index contributed by atoms with van der Waals surface area (Å²) in [5.74, 6) is 1.09. The van der Waals surface area contributed by atoms with Crippen molar-refractivity contribution in [3.63, 3.8) is 0 Å². The van der Waals surface area contributed by atoms with Gasteiger partial charge in [-0.05, 0) is 44.7 Å². The molecule has 3 aliphatic rings. The van der Waals surface area contributed by atoms with Crippen molar-refractivity contribution in [2.45, 2.75) is 64.3 Å². The topological polar surface area (TPSA) is 3.24 Å². The summed E-state index contributed by atoms with van der Waals surface area (Å²) in [6.07, 6.45) is 11.7. The number of fused-ring (bicyclic) bond motifs is 3. The molecule has 14 heavy (non-hydrogen) atoms. The van der Waals surface area contributed by atoms with Crippen molar-refractivity contribution >= 4 is 0 Å². The predicted molar refractivity (Wildman–Crippen MR) is 61.5 cm³/mol. The fourth-order valence-corrected chi connectivity index (χ4v) is 3.19. The summed E-state index contributed by atoms with van der Waals surface area (Å²) in [6, 6.07) is 0.972. The van der Waals surface area contributed by atoms with Crippen molar-refractivity contribution in [1.82, 2.24) is 4.90 Å². The first kappa shape index (κ1) is 10.5. The van der Waals surface area contributed by atoms with Crippen LogP contribution < -0.4 is 0 Å². The Kier molecular flexibility index (Phi) is 3.86. The van der Waals surface area contributed by atoms with E-state index in [-0.39, 0.29) is 0 Å². The molecule has 1 unspecified atom stereocenters. The fourth-order valence-electron chi connectivity index (χ4n) is 3.19. The highest BCUT2D eigenvalue weighted by molar-refractivity contribution is 4.87. The molecule has 3 aliphatic heterocycles. The lowest BCUT2D eigenvalue weighted by Crippen LogP contribution is -2.48. The third kappa shape index (κ3) is 2.50. The van der Waals surface area contributed by atoms with Gasteiger partial charge in [0.05, 0.1) is 0 Å². The van der Waals surface area contributed by atoms with E-state index in [1.807, 2.05) is 0 Å². The lowest BCUT2D eigenvalue weighted by molar-refractivity contribution is 0.0438. The normalized spacial score (nSPS) is 36.2. The molecule has 0 radical (unpaired) electrons. The van der Waals surface area contributed by atoms with Crippen LogP contribution in [0.2, 0.25) is 0 Å². The van der Waals surface area contributed by atoms with Gasteiger partial charge in [-0.25, -0.2) is 0 Å². The van der Waals surface area contributed by atoms with E-state index >= 15 is 0 Å². The first-order chi connectivity index (χ1) is 6.90. The number of unbranched alkanes of at least 4 members (excludes halogenated alkanes) is 3. The molecule has 3 heterocycles. The Hall–Kier alpha value is -0.0400. The van der Waals surface area contributed by atoms with Crippen LogP contribution in [0.5, 0.6) is 0 Å². The van der Waals surface area contributed by atoms with Crippen LogP contribution in [0.15, 0.2) is 0 Å². The van der Waals surface area contributed by atoms with E-state index in [1.54, 1.807) is 0 Å². The van der Waals surface area contributed by atoms with Gasteiger partial charge in [-0.1, -0.05) is 32.6 Å². The number of nitrogens with zero attached hydrogens (tertiary/aromatic N) is 1. The lowest BCUT2D eigenvalue weighted by atomic mass is 9.81. The van der Waals surface area contributed by atoms with Gasteiger partial charge in [0, 0.05) is 6.04 Å². The summed E-state index contributed by atoms with van der Waals surface area (Å²) in [5.41, 5.74) is 0. The molecule has 3 fully saturated rings. The Balaban J connectivity index is 1.66. The summed E-state index contributed by atoms with van der Waals surface area (Å²) < 4.78 is 0. The maximum Gasteiger partial charge on any atom is 0.00979 e. The molecule has 1 nitrogen and oxygen atoms in total. The van der Waals surface area contributed by atoms with E-state index < -0.39 is 0 Å². The fraction of sp³-hybridized carbons (Fsp3) is 1.00. The minimum Gasteiger partial charge on any atom is -0.300 e. The van der Waals surface area contributed by atoms with Gasteiger partial charge >= 0.3 is 0 Å². The van der Waals surface area contributed by atoms with E-state index in [4.69, 9.17) is 0 Å². The molecule has 0 aromatic carbocycles. The molecule has 1 atom stereocenters. The zero-order chi connectivity index (χ0) is 9.80. The first-order valence-electron chi connectivity index (χ1n) is 6.64. The summed E-state index contributed by atoms with van der Waals surface area (Å²) in [6.45, 7) is 5.11. The highest BCUT2D eigenvalue weighted by Gasteiger charge is 2.32. The second-order valence-electron chi connectivity index (χ2n) is 5.22. The highest BCUT2D eigenvalue weighted by atomic mass is 15.2. The first-order valence-corrected chi connectivity index (χ1v) is 6.64. The summed E-state index contributed by atoms with van der Waals surface area (Å²) in [5, 5.41) is 0. The summed E-state index contributed by atoms with van der Waals surface area (Å²) in [7, 11) is 0. The van der Waals surface area contributed by atoms with Crippen LogP contribution in [-0.4, -0.2) is 24.0 Å². The highest BCUT2D eigenvalue weighted by Crippen LogP contribution is 2.33. The van der Waals surface area contributed by atoms with Crippen LogP contribution in [-0.2, 0) is 0 Å². The third-order valence-electron chi connectivity index (χ3n) is 4.16. The lowest BCUT2D eigenvalue weighted by Gasteiger charge is -2.45. The van der Waals surface area contributed by atoms with Crippen LogP contribution >= 0.6 is 0 Å². The van der Waals surface area contributed by atoms with Crippen LogP contribution in [0, 0.1) is 5.92 Å². The van der Waals surface area contributed by atoms with Crippen LogP contribution in [0.1, 0.15) is 58.3 Å². The Morgan fingerprint density at radius 3 is 2.43 bits per heavy atom. The molecule has 0 aliphatic carbocycles. The third-order valence-corrected chi connectivity index (χ3v) is 4.16. The van der Waals surface area contributed by atoms with Gasteiger partial charge in [0.1, 0.15) is 0 Å². The second-order valence-corrected chi connectivity index (χ2v) is 5.22. The standard InChI is InChI=1S/C13H25N/c1-2-3-4-5-6-13-11-12-7-9-14(13)10-8-12/h12-13H,2-11H2,1H3. The number of piperidine rings is 3.